The van der Waals surface area contributed by atoms with E-state index >= 15 is 0 Å². The lowest BCUT2D eigenvalue weighted by Crippen LogP contribution is -2.18. The lowest BCUT2D eigenvalue weighted by Gasteiger charge is -2.11. The van der Waals surface area contributed by atoms with Gasteiger partial charge in [0.1, 0.15) is 5.69 Å². The monoisotopic (exact) mass is 472 g/mol. The molecule has 4 aromatic rings. The first-order chi connectivity index (χ1) is 16.3. The number of amides is 2. The molecule has 172 valence electrons. The molecular formula is C26H24N4O3S. The Hall–Kier alpha value is -4.04. The predicted molar refractivity (Wildman–Crippen MR) is 136 cm³/mol. The molecule has 0 bridgehead atoms. The number of aryl methyl sites for hydroxylation is 2. The number of thiophene rings is 1. The minimum absolute atomic E-state index is 0.0826. The summed E-state index contributed by atoms with van der Waals surface area (Å²) in [4.78, 5) is 26.4. The molecule has 0 aliphatic rings. The summed E-state index contributed by atoms with van der Waals surface area (Å²) < 4.78 is 0. The molecule has 0 unspecified atom stereocenters. The molecule has 0 saturated heterocycles. The van der Waals surface area contributed by atoms with Crippen molar-refractivity contribution in [3.63, 3.8) is 0 Å². The van der Waals surface area contributed by atoms with Crippen molar-refractivity contribution in [2.24, 2.45) is 10.2 Å². The second-order valence-electron chi connectivity index (χ2n) is 7.91. The van der Waals surface area contributed by atoms with E-state index in [1.54, 1.807) is 25.2 Å². The largest absolute Gasteiger partial charge is 0.505 e. The van der Waals surface area contributed by atoms with Crippen LogP contribution in [-0.4, -0.2) is 24.0 Å². The van der Waals surface area contributed by atoms with Gasteiger partial charge in [-0.15, -0.1) is 21.6 Å². The molecule has 4 rings (SSSR count). The molecule has 3 aromatic carbocycles. The number of rotatable bonds is 5. The van der Waals surface area contributed by atoms with Crippen LogP contribution in [0.1, 0.15) is 36.7 Å². The molecule has 7 nitrogen and oxygen atoms in total. The van der Waals surface area contributed by atoms with E-state index in [1.807, 2.05) is 57.2 Å². The van der Waals surface area contributed by atoms with Gasteiger partial charge in [0.2, 0.25) is 0 Å². The van der Waals surface area contributed by atoms with E-state index in [4.69, 9.17) is 0 Å². The van der Waals surface area contributed by atoms with E-state index in [2.05, 4.69) is 20.9 Å². The van der Waals surface area contributed by atoms with Crippen molar-refractivity contribution < 1.29 is 14.7 Å². The van der Waals surface area contributed by atoms with Crippen molar-refractivity contribution in [3.05, 3.63) is 81.7 Å². The highest BCUT2D eigenvalue weighted by Gasteiger charge is 2.21. The molecular weight excluding hydrogens is 448 g/mol. The van der Waals surface area contributed by atoms with Gasteiger partial charge in [-0.05, 0) is 55.5 Å². The normalized spacial score (nSPS) is 11.2. The molecule has 1 heterocycles. The lowest BCUT2D eigenvalue weighted by atomic mass is 10.0. The van der Waals surface area contributed by atoms with E-state index in [0.29, 0.717) is 21.6 Å². The van der Waals surface area contributed by atoms with Crippen LogP contribution in [0.15, 0.2) is 64.8 Å². The first-order valence-corrected chi connectivity index (χ1v) is 11.5. The number of phenols is 1. The van der Waals surface area contributed by atoms with Crippen molar-refractivity contribution in [2.75, 3.05) is 12.4 Å². The predicted octanol–water partition coefficient (Wildman–Crippen LogP) is 6.56. The minimum Gasteiger partial charge on any atom is -0.505 e. The zero-order chi connectivity index (χ0) is 24.4. The number of nitrogens with one attached hydrogen (secondary N) is 2. The fourth-order valence-corrected chi connectivity index (χ4v) is 4.66. The summed E-state index contributed by atoms with van der Waals surface area (Å²) in [6.07, 6.45) is 0. The van der Waals surface area contributed by atoms with Gasteiger partial charge in [0.05, 0.1) is 11.1 Å². The number of azo groups is 1. The summed E-state index contributed by atoms with van der Waals surface area (Å²) in [5, 5.41) is 27.0. The van der Waals surface area contributed by atoms with Gasteiger partial charge in [0.15, 0.2) is 10.8 Å². The Bertz CT molecular complexity index is 1460. The summed E-state index contributed by atoms with van der Waals surface area (Å²) in [6, 6.07) is 16.3. The van der Waals surface area contributed by atoms with E-state index in [-0.39, 0.29) is 22.9 Å². The summed E-state index contributed by atoms with van der Waals surface area (Å²) in [6.45, 7) is 5.70. The molecule has 0 fully saturated rings. The van der Waals surface area contributed by atoms with Crippen LogP contribution < -0.4 is 10.6 Å². The molecule has 8 heteroatoms. The third-order valence-corrected chi connectivity index (χ3v) is 6.67. The van der Waals surface area contributed by atoms with Crippen LogP contribution in [0.5, 0.6) is 5.75 Å². The highest BCUT2D eigenvalue weighted by atomic mass is 32.1. The SMILES string of the molecule is CNC(=O)c1c(N=Nc2c(O)c(C(=O)Nc3cccc(C)c3)cc3ccccc23)sc(C)c1C. The number of nitrogens with zero attached hydrogens (tertiary/aromatic N) is 2. The topological polar surface area (TPSA) is 103 Å². The number of aromatic hydroxyl groups is 1. The maximum Gasteiger partial charge on any atom is 0.259 e. The molecule has 34 heavy (non-hydrogen) atoms. The van der Waals surface area contributed by atoms with Crippen LogP contribution in [0.3, 0.4) is 0 Å². The lowest BCUT2D eigenvalue weighted by molar-refractivity contribution is 0.0962. The number of hydrogen-bond acceptors (Lipinski definition) is 6. The highest BCUT2D eigenvalue weighted by molar-refractivity contribution is 7.16. The molecule has 0 aliphatic heterocycles. The third kappa shape index (κ3) is 4.40. The number of carbonyl (C=O) groups is 2. The summed E-state index contributed by atoms with van der Waals surface area (Å²) in [5.41, 5.74) is 3.16. The third-order valence-electron chi connectivity index (χ3n) is 5.58. The molecule has 0 aliphatic carbocycles. The standard InChI is InChI=1S/C26H24N4O3S/c1-14-8-7-10-18(12-14)28-24(32)20-13-17-9-5-6-11-19(17)22(23(20)31)29-30-26-21(25(33)27-4)15(2)16(3)34-26/h5-13,31H,1-4H3,(H,27,33)(H,28,32). The van der Waals surface area contributed by atoms with Crippen LogP contribution >= 0.6 is 11.3 Å². The van der Waals surface area contributed by atoms with Crippen LogP contribution in [0.2, 0.25) is 0 Å². The van der Waals surface area contributed by atoms with E-state index in [9.17, 15) is 14.7 Å². The Morgan fingerprint density at radius 2 is 1.71 bits per heavy atom. The van der Waals surface area contributed by atoms with Gasteiger partial charge in [0.25, 0.3) is 11.8 Å². The van der Waals surface area contributed by atoms with Crippen molar-refractivity contribution in [1.29, 1.82) is 0 Å². The summed E-state index contributed by atoms with van der Waals surface area (Å²) in [7, 11) is 1.56. The fourth-order valence-electron chi connectivity index (χ4n) is 3.68. The second kappa shape index (κ2) is 9.44. The van der Waals surface area contributed by atoms with Crippen LogP contribution in [-0.2, 0) is 0 Å². The Labute approximate surface area is 201 Å². The van der Waals surface area contributed by atoms with Gasteiger partial charge in [-0.3, -0.25) is 9.59 Å². The van der Waals surface area contributed by atoms with E-state index < -0.39 is 5.91 Å². The maximum atomic E-state index is 13.1. The molecule has 0 saturated carbocycles. The highest BCUT2D eigenvalue weighted by Crippen LogP contribution is 2.41. The smallest absolute Gasteiger partial charge is 0.259 e. The number of carbonyl (C=O) groups excluding carboxylic acids is 2. The fraction of sp³-hybridized carbons (Fsp3) is 0.154. The van der Waals surface area contributed by atoms with Gasteiger partial charge in [-0.25, -0.2) is 0 Å². The molecule has 2 amide bonds. The first kappa shape index (κ1) is 23.1. The Morgan fingerprint density at radius 3 is 2.44 bits per heavy atom. The van der Waals surface area contributed by atoms with Crippen molar-refractivity contribution in [3.8, 4) is 5.75 Å². The number of hydrogen-bond donors (Lipinski definition) is 3. The Balaban J connectivity index is 1.81. The minimum atomic E-state index is -0.459. The van der Waals surface area contributed by atoms with Crippen LogP contribution in [0.25, 0.3) is 10.8 Å². The van der Waals surface area contributed by atoms with Crippen LogP contribution in [0, 0.1) is 20.8 Å². The van der Waals surface area contributed by atoms with Gasteiger partial charge >= 0.3 is 0 Å². The number of benzene rings is 3. The summed E-state index contributed by atoms with van der Waals surface area (Å²) in [5.74, 6) is -0.991. The van der Waals surface area contributed by atoms with Crippen LogP contribution in [0.4, 0.5) is 16.4 Å². The van der Waals surface area contributed by atoms with E-state index in [1.165, 1.54) is 11.3 Å². The summed E-state index contributed by atoms with van der Waals surface area (Å²) >= 11 is 1.35. The zero-order valence-corrected chi connectivity index (χ0v) is 20.1. The zero-order valence-electron chi connectivity index (χ0n) is 19.3. The van der Waals surface area contributed by atoms with Gasteiger partial charge in [-0.1, -0.05) is 36.4 Å². The molecule has 1 aromatic heterocycles. The van der Waals surface area contributed by atoms with Gasteiger partial charge in [0, 0.05) is 23.0 Å². The maximum absolute atomic E-state index is 13.1. The van der Waals surface area contributed by atoms with E-state index in [0.717, 1.165) is 21.4 Å². The quantitative estimate of drug-likeness (QED) is 0.287. The van der Waals surface area contributed by atoms with Gasteiger partial charge < -0.3 is 15.7 Å². The van der Waals surface area contributed by atoms with Crippen molar-refractivity contribution in [1.82, 2.24) is 5.32 Å². The molecule has 0 atom stereocenters. The average molecular weight is 473 g/mol. The van der Waals surface area contributed by atoms with Gasteiger partial charge in [-0.2, -0.15) is 0 Å². The first-order valence-electron chi connectivity index (χ1n) is 10.7. The van der Waals surface area contributed by atoms with Crippen molar-refractivity contribution in [2.45, 2.75) is 20.8 Å². The molecule has 0 spiro atoms. The average Bonchev–Trinajstić information content (AvgIpc) is 3.10. The number of phenolic OH excluding ortho intramolecular Hbond substituents is 1. The Morgan fingerprint density at radius 1 is 0.941 bits per heavy atom. The second-order valence-corrected chi connectivity index (χ2v) is 9.11. The Kier molecular flexibility index (Phi) is 6.43. The molecule has 0 radical (unpaired) electrons. The molecule has 3 N–H and O–H groups in total. The number of anilines is 1. The number of fused-ring (bicyclic) bond motifs is 1. The van der Waals surface area contributed by atoms with Crippen molar-refractivity contribution >= 4 is 50.3 Å².